The van der Waals surface area contributed by atoms with Crippen LogP contribution in [0.2, 0.25) is 5.15 Å². The van der Waals surface area contributed by atoms with Gasteiger partial charge in [0.2, 0.25) is 5.95 Å². The van der Waals surface area contributed by atoms with Crippen molar-refractivity contribution in [3.05, 3.63) is 11.5 Å². The van der Waals surface area contributed by atoms with Gasteiger partial charge in [-0.1, -0.05) is 18.0 Å². The lowest BCUT2D eigenvalue weighted by molar-refractivity contribution is 0.197. The van der Waals surface area contributed by atoms with Gasteiger partial charge in [0.1, 0.15) is 5.52 Å². The summed E-state index contributed by atoms with van der Waals surface area (Å²) in [7, 11) is 0. The molecule has 2 heterocycles. The Morgan fingerprint density at radius 2 is 2.28 bits per heavy atom. The number of anilines is 1. The highest BCUT2D eigenvalue weighted by molar-refractivity contribution is 6.33. The highest BCUT2D eigenvalue weighted by atomic mass is 35.5. The summed E-state index contributed by atoms with van der Waals surface area (Å²) in [5, 5.41) is 9.67. The van der Waals surface area contributed by atoms with E-state index in [0.717, 1.165) is 19.3 Å². The Morgan fingerprint density at radius 3 is 3.06 bits per heavy atom. The van der Waals surface area contributed by atoms with Crippen LogP contribution in [0.3, 0.4) is 0 Å². The van der Waals surface area contributed by atoms with Gasteiger partial charge in [0, 0.05) is 18.6 Å². The number of imidazole rings is 1. The average Bonchev–Trinajstić information content (AvgIpc) is 2.93. The largest absolute Gasteiger partial charge is 0.396 e. The molecule has 6 nitrogen and oxygen atoms in total. The van der Waals surface area contributed by atoms with E-state index in [1.165, 1.54) is 0 Å². The number of fused-ring (bicyclic) bond motifs is 1. The second-order valence-corrected chi connectivity index (χ2v) is 5.00. The van der Waals surface area contributed by atoms with Crippen molar-refractivity contribution in [1.29, 1.82) is 0 Å². The normalized spacial score (nSPS) is 23.9. The van der Waals surface area contributed by atoms with E-state index in [-0.39, 0.29) is 29.7 Å². The van der Waals surface area contributed by atoms with Gasteiger partial charge in [0.05, 0.1) is 6.33 Å². The fourth-order valence-corrected chi connectivity index (χ4v) is 2.96. The molecule has 0 bridgehead atoms. The molecule has 2 aromatic heterocycles. The Hall–Kier alpha value is -1.40. The molecular formula is C11H14ClN5O. The van der Waals surface area contributed by atoms with Gasteiger partial charge in [-0.05, 0) is 12.8 Å². The molecule has 3 N–H and O–H groups in total. The summed E-state index contributed by atoms with van der Waals surface area (Å²) in [6.07, 6.45) is 4.85. The zero-order valence-corrected chi connectivity index (χ0v) is 10.5. The topological polar surface area (TPSA) is 89.8 Å². The molecule has 1 aliphatic carbocycles. The minimum atomic E-state index is 0.146. The van der Waals surface area contributed by atoms with Gasteiger partial charge in [0.15, 0.2) is 10.8 Å². The lowest BCUT2D eigenvalue weighted by Gasteiger charge is -2.19. The number of hydrogen-bond donors (Lipinski definition) is 2. The SMILES string of the molecule is Nc1nc(Cl)c2ncn([C@@H]3CCC[C@@H]3CO)c2n1. The van der Waals surface area contributed by atoms with Crippen molar-refractivity contribution in [2.45, 2.75) is 25.3 Å². The van der Waals surface area contributed by atoms with Crippen LogP contribution in [0.4, 0.5) is 5.95 Å². The summed E-state index contributed by atoms with van der Waals surface area (Å²) in [4.78, 5) is 12.3. The van der Waals surface area contributed by atoms with Gasteiger partial charge in [-0.15, -0.1) is 0 Å². The maximum Gasteiger partial charge on any atom is 0.223 e. The Balaban J connectivity index is 2.12. The fraction of sp³-hybridized carbons (Fsp3) is 0.545. The summed E-state index contributed by atoms with van der Waals surface area (Å²) in [5.41, 5.74) is 6.84. The standard InChI is InChI=1S/C11H14ClN5O/c12-9-8-10(16-11(13)15-9)17(5-14-8)7-3-1-2-6(7)4-18/h5-7,18H,1-4H2,(H2,13,15,16)/t6-,7-/m1/s1. The summed E-state index contributed by atoms with van der Waals surface area (Å²) in [6.45, 7) is 0.179. The number of hydrogen-bond acceptors (Lipinski definition) is 5. The second kappa shape index (κ2) is 4.37. The molecule has 96 valence electrons. The van der Waals surface area contributed by atoms with Crippen molar-refractivity contribution >= 4 is 28.7 Å². The third-order valence-corrected chi connectivity index (χ3v) is 3.87. The zero-order chi connectivity index (χ0) is 12.7. The molecule has 1 fully saturated rings. The highest BCUT2D eigenvalue weighted by Gasteiger charge is 2.29. The molecule has 2 aromatic rings. The van der Waals surface area contributed by atoms with Gasteiger partial charge < -0.3 is 15.4 Å². The van der Waals surface area contributed by atoms with E-state index < -0.39 is 0 Å². The molecule has 18 heavy (non-hydrogen) atoms. The van der Waals surface area contributed by atoms with Crippen LogP contribution in [0.15, 0.2) is 6.33 Å². The molecular weight excluding hydrogens is 254 g/mol. The van der Waals surface area contributed by atoms with E-state index in [2.05, 4.69) is 15.0 Å². The minimum Gasteiger partial charge on any atom is -0.396 e. The van der Waals surface area contributed by atoms with E-state index in [0.29, 0.717) is 11.2 Å². The van der Waals surface area contributed by atoms with Crippen molar-refractivity contribution in [3.63, 3.8) is 0 Å². The molecule has 0 unspecified atom stereocenters. The third kappa shape index (κ3) is 1.72. The number of nitrogens with two attached hydrogens (primary N) is 1. The minimum absolute atomic E-state index is 0.146. The first kappa shape index (κ1) is 11.7. The summed E-state index contributed by atoms with van der Waals surface area (Å²) >= 11 is 6.00. The predicted octanol–water partition coefficient (Wildman–Crippen LogP) is 1.40. The lowest BCUT2D eigenvalue weighted by atomic mass is 10.1. The maximum atomic E-state index is 9.40. The van der Waals surface area contributed by atoms with E-state index in [9.17, 15) is 5.11 Å². The Bertz CT molecular complexity index is 584. The van der Waals surface area contributed by atoms with E-state index in [1.54, 1.807) is 6.33 Å². The molecule has 7 heteroatoms. The van der Waals surface area contributed by atoms with Crippen LogP contribution in [0.25, 0.3) is 11.2 Å². The van der Waals surface area contributed by atoms with Crippen molar-refractivity contribution < 1.29 is 5.11 Å². The maximum absolute atomic E-state index is 9.40. The Labute approximate surface area is 109 Å². The van der Waals surface area contributed by atoms with Gasteiger partial charge in [0.25, 0.3) is 0 Å². The summed E-state index contributed by atoms with van der Waals surface area (Å²) < 4.78 is 1.97. The molecule has 0 radical (unpaired) electrons. The smallest absolute Gasteiger partial charge is 0.223 e. The third-order valence-electron chi connectivity index (χ3n) is 3.61. The fourth-order valence-electron chi connectivity index (χ4n) is 2.74. The number of aliphatic hydroxyl groups excluding tert-OH is 1. The summed E-state index contributed by atoms with van der Waals surface area (Å²) in [5.74, 6) is 0.394. The molecule has 3 rings (SSSR count). The van der Waals surface area contributed by atoms with E-state index in [4.69, 9.17) is 17.3 Å². The van der Waals surface area contributed by atoms with Crippen LogP contribution >= 0.6 is 11.6 Å². The van der Waals surface area contributed by atoms with Crippen LogP contribution in [0.5, 0.6) is 0 Å². The molecule has 0 spiro atoms. The van der Waals surface area contributed by atoms with Crippen LogP contribution in [-0.4, -0.2) is 31.2 Å². The average molecular weight is 268 g/mol. The van der Waals surface area contributed by atoms with Crippen molar-refractivity contribution in [2.24, 2.45) is 5.92 Å². The molecule has 1 saturated carbocycles. The number of nitrogen functional groups attached to an aromatic ring is 1. The van der Waals surface area contributed by atoms with Crippen LogP contribution in [0.1, 0.15) is 25.3 Å². The lowest BCUT2D eigenvalue weighted by Crippen LogP contribution is -2.17. The number of nitrogens with zero attached hydrogens (tertiary/aromatic N) is 4. The van der Waals surface area contributed by atoms with Crippen LogP contribution in [0, 0.1) is 5.92 Å². The number of aliphatic hydroxyl groups is 1. The van der Waals surface area contributed by atoms with Crippen molar-refractivity contribution in [2.75, 3.05) is 12.3 Å². The second-order valence-electron chi connectivity index (χ2n) is 4.64. The van der Waals surface area contributed by atoms with Crippen molar-refractivity contribution in [1.82, 2.24) is 19.5 Å². The molecule has 1 aliphatic rings. The predicted molar refractivity (Wildman–Crippen MR) is 68.2 cm³/mol. The van der Waals surface area contributed by atoms with Gasteiger partial charge in [-0.25, -0.2) is 4.98 Å². The molecule has 0 amide bonds. The molecule has 0 aromatic carbocycles. The number of rotatable bonds is 2. The van der Waals surface area contributed by atoms with E-state index in [1.807, 2.05) is 4.57 Å². The van der Waals surface area contributed by atoms with Crippen LogP contribution < -0.4 is 5.73 Å². The highest BCUT2D eigenvalue weighted by Crippen LogP contribution is 2.37. The molecule has 0 saturated heterocycles. The Morgan fingerprint density at radius 1 is 1.44 bits per heavy atom. The summed E-state index contributed by atoms with van der Waals surface area (Å²) in [6, 6.07) is 0.213. The van der Waals surface area contributed by atoms with Gasteiger partial charge >= 0.3 is 0 Å². The zero-order valence-electron chi connectivity index (χ0n) is 9.75. The monoisotopic (exact) mass is 267 g/mol. The first-order chi connectivity index (χ1) is 8.70. The van der Waals surface area contributed by atoms with E-state index >= 15 is 0 Å². The number of halogens is 1. The quantitative estimate of drug-likeness (QED) is 0.803. The first-order valence-corrected chi connectivity index (χ1v) is 6.35. The molecule has 2 atom stereocenters. The first-order valence-electron chi connectivity index (χ1n) is 5.97. The van der Waals surface area contributed by atoms with Crippen molar-refractivity contribution in [3.8, 4) is 0 Å². The van der Waals surface area contributed by atoms with Gasteiger partial charge in [-0.2, -0.15) is 9.97 Å². The van der Waals surface area contributed by atoms with Crippen LogP contribution in [-0.2, 0) is 0 Å². The molecule has 0 aliphatic heterocycles. The Kier molecular flexibility index (Phi) is 2.83. The number of aromatic nitrogens is 4. The van der Waals surface area contributed by atoms with Gasteiger partial charge in [-0.3, -0.25) is 0 Å².